The Morgan fingerprint density at radius 2 is 2.08 bits per heavy atom. The van der Waals surface area contributed by atoms with Crippen molar-refractivity contribution in [2.24, 2.45) is 10.9 Å². The van der Waals surface area contributed by atoms with E-state index < -0.39 is 0 Å². The number of para-hydroxylation sites is 1. The number of furan rings is 1. The molecule has 2 heterocycles. The molecule has 3 rings (SSSR count). The smallest absolute Gasteiger partial charge is 0.220 e. The number of nitrogens with zero attached hydrogens (tertiary/aromatic N) is 2. The molecule has 0 bridgehead atoms. The van der Waals surface area contributed by atoms with Crippen LogP contribution in [-0.2, 0) is 11.3 Å². The van der Waals surface area contributed by atoms with Gasteiger partial charge in [0.15, 0.2) is 5.96 Å². The number of guanidine groups is 1. The van der Waals surface area contributed by atoms with Crippen LogP contribution in [0, 0.1) is 5.92 Å². The average Bonchev–Trinajstić information content (AvgIpc) is 3.06. The second-order valence-electron chi connectivity index (χ2n) is 6.46. The number of aliphatic imine (C=N–C) groups is 1. The van der Waals surface area contributed by atoms with E-state index in [1.165, 1.54) is 0 Å². The lowest BCUT2D eigenvalue weighted by Crippen LogP contribution is -2.45. The lowest BCUT2D eigenvalue weighted by atomic mass is 9.93. The highest BCUT2D eigenvalue weighted by molar-refractivity contribution is 5.81. The Balaban J connectivity index is 1.52. The van der Waals surface area contributed by atoms with Gasteiger partial charge < -0.3 is 20.0 Å². The number of hydrogen-bond acceptors (Lipinski definition) is 3. The van der Waals surface area contributed by atoms with E-state index in [1.54, 1.807) is 14.1 Å². The number of piperidine rings is 1. The average molecular weight is 342 g/mol. The lowest BCUT2D eigenvalue weighted by Gasteiger charge is -2.33. The molecule has 1 aliphatic rings. The molecule has 0 unspecified atom stereocenters. The zero-order chi connectivity index (χ0) is 17.6. The monoisotopic (exact) mass is 342 g/mol. The van der Waals surface area contributed by atoms with E-state index in [0.717, 1.165) is 48.6 Å². The summed E-state index contributed by atoms with van der Waals surface area (Å²) in [4.78, 5) is 18.2. The van der Waals surface area contributed by atoms with E-state index in [4.69, 9.17) is 4.42 Å². The number of amides is 1. The third kappa shape index (κ3) is 4.32. The van der Waals surface area contributed by atoms with Gasteiger partial charge in [0.1, 0.15) is 11.3 Å². The molecule has 0 saturated carbocycles. The van der Waals surface area contributed by atoms with E-state index in [9.17, 15) is 4.79 Å². The van der Waals surface area contributed by atoms with Crippen molar-refractivity contribution in [3.05, 3.63) is 36.1 Å². The van der Waals surface area contributed by atoms with Gasteiger partial charge in [-0.2, -0.15) is 0 Å². The zero-order valence-electron chi connectivity index (χ0n) is 14.9. The third-order valence-corrected chi connectivity index (χ3v) is 4.78. The van der Waals surface area contributed by atoms with Crippen molar-refractivity contribution in [3.8, 4) is 0 Å². The van der Waals surface area contributed by atoms with Crippen LogP contribution in [0.5, 0.6) is 0 Å². The summed E-state index contributed by atoms with van der Waals surface area (Å²) in [6.07, 6.45) is 2.65. The highest BCUT2D eigenvalue weighted by Gasteiger charge is 2.23. The lowest BCUT2D eigenvalue weighted by molar-refractivity contribution is -0.121. The molecule has 1 amide bonds. The second kappa shape index (κ2) is 8.05. The van der Waals surface area contributed by atoms with Gasteiger partial charge in [-0.25, -0.2) is 0 Å². The minimum Gasteiger partial charge on any atom is -0.459 e. The number of benzene rings is 1. The Hall–Kier alpha value is -2.50. The maximum atomic E-state index is 11.5. The van der Waals surface area contributed by atoms with Crippen molar-refractivity contribution < 1.29 is 9.21 Å². The molecule has 1 saturated heterocycles. The molecule has 0 radical (unpaired) electrons. The van der Waals surface area contributed by atoms with Gasteiger partial charge >= 0.3 is 0 Å². The molecule has 0 aliphatic carbocycles. The second-order valence-corrected chi connectivity index (χ2v) is 6.46. The van der Waals surface area contributed by atoms with Gasteiger partial charge in [-0.3, -0.25) is 9.79 Å². The minimum atomic E-state index is 0.130. The van der Waals surface area contributed by atoms with Gasteiger partial charge in [-0.1, -0.05) is 18.2 Å². The van der Waals surface area contributed by atoms with Crippen LogP contribution >= 0.6 is 0 Å². The summed E-state index contributed by atoms with van der Waals surface area (Å²) in [6, 6.07) is 10.1. The molecule has 25 heavy (non-hydrogen) atoms. The molecule has 134 valence electrons. The molecule has 1 aliphatic heterocycles. The van der Waals surface area contributed by atoms with E-state index in [0.29, 0.717) is 18.9 Å². The van der Waals surface area contributed by atoms with Gasteiger partial charge in [0.25, 0.3) is 0 Å². The first-order chi connectivity index (χ1) is 12.2. The van der Waals surface area contributed by atoms with Gasteiger partial charge in [0.2, 0.25) is 5.91 Å². The van der Waals surface area contributed by atoms with E-state index in [2.05, 4.69) is 26.6 Å². The highest BCUT2D eigenvalue weighted by Crippen LogP contribution is 2.21. The van der Waals surface area contributed by atoms with Crippen molar-refractivity contribution in [1.29, 1.82) is 0 Å². The van der Waals surface area contributed by atoms with Crippen molar-refractivity contribution >= 4 is 22.8 Å². The minimum absolute atomic E-state index is 0.130. The fourth-order valence-corrected chi connectivity index (χ4v) is 3.34. The number of hydrogen-bond donors (Lipinski definition) is 2. The predicted molar refractivity (Wildman–Crippen MR) is 99.4 cm³/mol. The molecular formula is C19H26N4O2. The fourth-order valence-electron chi connectivity index (χ4n) is 3.34. The zero-order valence-corrected chi connectivity index (χ0v) is 14.9. The molecule has 2 N–H and O–H groups in total. The Kier molecular flexibility index (Phi) is 5.58. The Morgan fingerprint density at radius 3 is 2.76 bits per heavy atom. The van der Waals surface area contributed by atoms with Crippen LogP contribution in [0.1, 0.15) is 25.0 Å². The SMILES string of the molecule is CN=C(NCc1cc2ccccc2o1)N1CCC(CC(=O)NC)CC1. The largest absolute Gasteiger partial charge is 0.459 e. The Bertz CT molecular complexity index is 712. The number of nitrogens with one attached hydrogen (secondary N) is 2. The van der Waals surface area contributed by atoms with Crippen LogP contribution in [-0.4, -0.2) is 44.0 Å². The van der Waals surface area contributed by atoms with Crippen LogP contribution in [0.3, 0.4) is 0 Å². The van der Waals surface area contributed by atoms with Gasteiger partial charge in [-0.15, -0.1) is 0 Å². The highest BCUT2D eigenvalue weighted by atomic mass is 16.3. The van der Waals surface area contributed by atoms with E-state index in [1.807, 2.05) is 24.3 Å². The normalized spacial score (nSPS) is 16.2. The van der Waals surface area contributed by atoms with Gasteiger partial charge in [-0.05, 0) is 30.9 Å². The summed E-state index contributed by atoms with van der Waals surface area (Å²) < 4.78 is 5.84. The molecular weight excluding hydrogens is 316 g/mol. The van der Waals surface area contributed by atoms with Crippen molar-refractivity contribution in [2.75, 3.05) is 27.2 Å². The van der Waals surface area contributed by atoms with Crippen molar-refractivity contribution in [2.45, 2.75) is 25.8 Å². The molecule has 2 aromatic rings. The molecule has 1 fully saturated rings. The summed E-state index contributed by atoms with van der Waals surface area (Å²) in [5.74, 6) is 2.38. The molecule has 1 aromatic heterocycles. The Labute approximate surface area is 148 Å². The van der Waals surface area contributed by atoms with E-state index >= 15 is 0 Å². The standard InChI is InChI=1S/C19H26N4O2/c1-20-18(24)11-14-7-9-23(10-8-14)19(21-2)22-13-16-12-15-5-3-4-6-17(15)25-16/h3-6,12,14H,7-11,13H2,1-2H3,(H,20,24)(H,21,22). The molecule has 0 spiro atoms. The first kappa shape index (κ1) is 17.3. The maximum absolute atomic E-state index is 11.5. The summed E-state index contributed by atoms with van der Waals surface area (Å²) in [6.45, 7) is 2.45. The third-order valence-electron chi connectivity index (χ3n) is 4.78. The quantitative estimate of drug-likeness (QED) is 0.661. The first-order valence-corrected chi connectivity index (χ1v) is 8.83. The van der Waals surface area contributed by atoms with E-state index in [-0.39, 0.29) is 5.91 Å². The summed E-state index contributed by atoms with van der Waals surface area (Å²) in [5, 5.41) is 7.21. The van der Waals surface area contributed by atoms with Gasteiger partial charge in [0.05, 0.1) is 6.54 Å². The summed E-state index contributed by atoms with van der Waals surface area (Å²) in [7, 11) is 3.50. The van der Waals surface area contributed by atoms with Crippen LogP contribution in [0.4, 0.5) is 0 Å². The van der Waals surface area contributed by atoms with Gasteiger partial charge in [0, 0.05) is 39.0 Å². The van der Waals surface area contributed by atoms with Crippen LogP contribution in [0.2, 0.25) is 0 Å². The Morgan fingerprint density at radius 1 is 1.32 bits per heavy atom. The summed E-state index contributed by atoms with van der Waals surface area (Å²) in [5.41, 5.74) is 0.907. The van der Waals surface area contributed by atoms with Crippen LogP contribution < -0.4 is 10.6 Å². The number of rotatable bonds is 4. The molecule has 6 nitrogen and oxygen atoms in total. The topological polar surface area (TPSA) is 69.9 Å². The molecule has 1 aromatic carbocycles. The molecule has 6 heteroatoms. The molecule has 0 atom stereocenters. The first-order valence-electron chi connectivity index (χ1n) is 8.83. The van der Waals surface area contributed by atoms with Crippen LogP contribution in [0.25, 0.3) is 11.0 Å². The predicted octanol–water partition coefficient (Wildman–Crippen LogP) is 2.36. The number of carbonyl (C=O) groups is 1. The number of carbonyl (C=O) groups excluding carboxylic acids is 1. The van der Waals surface area contributed by atoms with Crippen LogP contribution in [0.15, 0.2) is 39.7 Å². The number of fused-ring (bicyclic) bond motifs is 1. The van der Waals surface area contributed by atoms with Crippen molar-refractivity contribution in [1.82, 2.24) is 15.5 Å². The fraction of sp³-hybridized carbons (Fsp3) is 0.474. The van der Waals surface area contributed by atoms with Crippen molar-refractivity contribution in [3.63, 3.8) is 0 Å². The summed E-state index contributed by atoms with van der Waals surface area (Å²) >= 11 is 0. The number of likely N-dealkylation sites (tertiary alicyclic amines) is 1. The maximum Gasteiger partial charge on any atom is 0.220 e.